The Balaban J connectivity index is 1.86. The lowest BCUT2D eigenvalue weighted by Gasteiger charge is -2.16. The molecule has 1 aromatic heterocycles. The summed E-state index contributed by atoms with van der Waals surface area (Å²) in [4.78, 5) is 4.64. The fourth-order valence-electron chi connectivity index (χ4n) is 2.67. The van der Waals surface area contributed by atoms with Gasteiger partial charge in [-0.15, -0.1) is 11.3 Å². The van der Waals surface area contributed by atoms with Crippen molar-refractivity contribution >= 4 is 22.1 Å². The van der Waals surface area contributed by atoms with Crippen molar-refractivity contribution in [2.24, 2.45) is 0 Å². The van der Waals surface area contributed by atoms with Gasteiger partial charge in [0.1, 0.15) is 0 Å². The molecule has 0 aliphatic rings. The Morgan fingerprint density at radius 1 is 1.14 bits per heavy atom. The first kappa shape index (κ1) is 14.2. The fraction of sp³-hybridized carbons (Fsp3) is 0.278. The second kappa shape index (κ2) is 6.37. The van der Waals surface area contributed by atoms with Crippen LogP contribution in [0.5, 0.6) is 0 Å². The van der Waals surface area contributed by atoms with Crippen LogP contribution < -0.4 is 5.32 Å². The average Bonchev–Trinajstić information content (AvgIpc) is 2.93. The summed E-state index contributed by atoms with van der Waals surface area (Å²) < 4.78 is 0. The monoisotopic (exact) mass is 296 g/mol. The van der Waals surface area contributed by atoms with Crippen molar-refractivity contribution in [2.75, 3.05) is 6.54 Å². The zero-order valence-electron chi connectivity index (χ0n) is 12.5. The van der Waals surface area contributed by atoms with Crippen LogP contribution in [0.25, 0.3) is 10.8 Å². The molecule has 3 heteroatoms. The van der Waals surface area contributed by atoms with Crippen molar-refractivity contribution in [3.05, 3.63) is 64.1 Å². The van der Waals surface area contributed by atoms with E-state index in [1.807, 2.05) is 0 Å². The number of nitrogens with one attached hydrogen (secondary N) is 1. The third-order valence-electron chi connectivity index (χ3n) is 3.70. The predicted octanol–water partition coefficient (Wildman–Crippen LogP) is 4.50. The summed E-state index contributed by atoms with van der Waals surface area (Å²) in [5, 5.41) is 9.46. The van der Waals surface area contributed by atoms with Crippen LogP contribution in [0.1, 0.15) is 29.2 Å². The second-order valence-corrected chi connectivity index (χ2v) is 6.35. The summed E-state index contributed by atoms with van der Waals surface area (Å²) >= 11 is 1.72. The van der Waals surface area contributed by atoms with Gasteiger partial charge in [-0.3, -0.25) is 0 Å². The SMILES string of the molecule is CCNC(Cc1ccc2ccccc2c1)c1csc(C)n1. The molecule has 2 aromatic carbocycles. The van der Waals surface area contributed by atoms with Gasteiger partial charge in [0.05, 0.1) is 16.7 Å². The van der Waals surface area contributed by atoms with E-state index in [4.69, 9.17) is 0 Å². The Morgan fingerprint density at radius 3 is 2.67 bits per heavy atom. The Labute approximate surface area is 129 Å². The third kappa shape index (κ3) is 3.31. The molecule has 108 valence electrons. The first-order chi connectivity index (χ1) is 10.3. The molecular weight excluding hydrogens is 276 g/mol. The molecule has 2 nitrogen and oxygen atoms in total. The molecule has 0 spiro atoms. The van der Waals surface area contributed by atoms with E-state index in [1.165, 1.54) is 16.3 Å². The van der Waals surface area contributed by atoms with Gasteiger partial charge in [-0.1, -0.05) is 49.4 Å². The van der Waals surface area contributed by atoms with E-state index in [9.17, 15) is 0 Å². The highest BCUT2D eigenvalue weighted by molar-refractivity contribution is 7.09. The number of hydrogen-bond acceptors (Lipinski definition) is 3. The Kier molecular flexibility index (Phi) is 4.32. The number of hydrogen-bond donors (Lipinski definition) is 1. The second-order valence-electron chi connectivity index (χ2n) is 5.29. The van der Waals surface area contributed by atoms with E-state index >= 15 is 0 Å². The molecule has 3 aromatic rings. The molecule has 1 unspecified atom stereocenters. The lowest BCUT2D eigenvalue weighted by molar-refractivity contribution is 0.539. The maximum atomic E-state index is 4.64. The Bertz CT molecular complexity index is 733. The number of thiazole rings is 1. The molecule has 0 fully saturated rings. The maximum Gasteiger partial charge on any atom is 0.0898 e. The zero-order chi connectivity index (χ0) is 14.7. The highest BCUT2D eigenvalue weighted by Crippen LogP contribution is 2.23. The molecule has 1 N–H and O–H groups in total. The highest BCUT2D eigenvalue weighted by Gasteiger charge is 2.14. The summed E-state index contributed by atoms with van der Waals surface area (Å²) in [6, 6.07) is 15.5. The van der Waals surface area contributed by atoms with E-state index in [2.05, 4.69) is 72.0 Å². The normalized spacial score (nSPS) is 12.7. The zero-order valence-corrected chi connectivity index (χ0v) is 13.3. The van der Waals surface area contributed by atoms with Gasteiger partial charge < -0.3 is 5.32 Å². The summed E-state index contributed by atoms with van der Waals surface area (Å²) in [6.45, 7) is 5.16. The van der Waals surface area contributed by atoms with Crippen LogP contribution in [-0.2, 0) is 6.42 Å². The van der Waals surface area contributed by atoms with Crippen LogP contribution in [-0.4, -0.2) is 11.5 Å². The largest absolute Gasteiger partial charge is 0.309 e. The van der Waals surface area contributed by atoms with Gasteiger partial charge in [-0.2, -0.15) is 0 Å². The number of rotatable bonds is 5. The lowest BCUT2D eigenvalue weighted by Crippen LogP contribution is -2.23. The smallest absolute Gasteiger partial charge is 0.0898 e. The van der Waals surface area contributed by atoms with Crippen molar-refractivity contribution in [1.29, 1.82) is 0 Å². The number of aryl methyl sites for hydroxylation is 1. The molecule has 3 rings (SSSR count). The molecule has 0 aliphatic heterocycles. The van der Waals surface area contributed by atoms with Crippen LogP contribution in [0, 0.1) is 6.92 Å². The number of likely N-dealkylation sites (N-methyl/N-ethyl adjacent to an activating group) is 1. The minimum Gasteiger partial charge on any atom is -0.309 e. The van der Waals surface area contributed by atoms with E-state index in [0.717, 1.165) is 23.7 Å². The molecule has 1 atom stereocenters. The van der Waals surface area contributed by atoms with Crippen molar-refractivity contribution in [1.82, 2.24) is 10.3 Å². The van der Waals surface area contributed by atoms with Crippen LogP contribution in [0.15, 0.2) is 47.8 Å². The summed E-state index contributed by atoms with van der Waals surface area (Å²) in [5.74, 6) is 0. The van der Waals surface area contributed by atoms with Gasteiger partial charge in [0.15, 0.2) is 0 Å². The Hall–Kier alpha value is -1.71. The molecular formula is C18H20N2S. The quantitative estimate of drug-likeness (QED) is 0.750. The van der Waals surface area contributed by atoms with Crippen LogP contribution in [0.3, 0.4) is 0 Å². The van der Waals surface area contributed by atoms with Crippen molar-refractivity contribution in [3.8, 4) is 0 Å². The standard InChI is InChI=1S/C18H20N2S/c1-3-19-17(18-12-21-13(2)20-18)11-14-8-9-15-6-4-5-7-16(15)10-14/h4-10,12,17,19H,3,11H2,1-2H3. The molecule has 0 aliphatic carbocycles. The molecule has 21 heavy (non-hydrogen) atoms. The summed E-state index contributed by atoms with van der Waals surface area (Å²) in [5.41, 5.74) is 2.51. The summed E-state index contributed by atoms with van der Waals surface area (Å²) in [6.07, 6.45) is 0.974. The molecule has 0 amide bonds. The molecule has 0 saturated heterocycles. The van der Waals surface area contributed by atoms with Gasteiger partial charge in [-0.05, 0) is 36.2 Å². The Morgan fingerprint density at radius 2 is 1.95 bits per heavy atom. The van der Waals surface area contributed by atoms with Crippen LogP contribution in [0.2, 0.25) is 0 Å². The number of fused-ring (bicyclic) bond motifs is 1. The first-order valence-electron chi connectivity index (χ1n) is 7.39. The van der Waals surface area contributed by atoms with E-state index in [1.54, 1.807) is 11.3 Å². The number of benzene rings is 2. The van der Waals surface area contributed by atoms with Gasteiger partial charge in [0, 0.05) is 5.38 Å². The number of aromatic nitrogens is 1. The topological polar surface area (TPSA) is 24.9 Å². The molecule has 0 radical (unpaired) electrons. The highest BCUT2D eigenvalue weighted by atomic mass is 32.1. The maximum absolute atomic E-state index is 4.64. The minimum absolute atomic E-state index is 0.293. The van der Waals surface area contributed by atoms with Crippen molar-refractivity contribution < 1.29 is 0 Å². The fourth-order valence-corrected chi connectivity index (χ4v) is 3.34. The van der Waals surface area contributed by atoms with Gasteiger partial charge in [0.2, 0.25) is 0 Å². The van der Waals surface area contributed by atoms with Gasteiger partial charge in [-0.25, -0.2) is 4.98 Å². The minimum atomic E-state index is 0.293. The first-order valence-corrected chi connectivity index (χ1v) is 8.27. The number of nitrogens with zero attached hydrogens (tertiary/aromatic N) is 1. The average molecular weight is 296 g/mol. The predicted molar refractivity (Wildman–Crippen MR) is 90.9 cm³/mol. The van der Waals surface area contributed by atoms with Gasteiger partial charge >= 0.3 is 0 Å². The van der Waals surface area contributed by atoms with E-state index < -0.39 is 0 Å². The lowest BCUT2D eigenvalue weighted by atomic mass is 10.0. The molecule has 0 bridgehead atoms. The van der Waals surface area contributed by atoms with Crippen molar-refractivity contribution in [2.45, 2.75) is 26.3 Å². The molecule has 1 heterocycles. The third-order valence-corrected chi connectivity index (χ3v) is 4.49. The van der Waals surface area contributed by atoms with E-state index in [-0.39, 0.29) is 0 Å². The van der Waals surface area contributed by atoms with Gasteiger partial charge in [0.25, 0.3) is 0 Å². The van der Waals surface area contributed by atoms with Crippen LogP contribution >= 0.6 is 11.3 Å². The van der Waals surface area contributed by atoms with E-state index in [0.29, 0.717) is 6.04 Å². The van der Waals surface area contributed by atoms with Crippen molar-refractivity contribution in [3.63, 3.8) is 0 Å². The summed E-state index contributed by atoms with van der Waals surface area (Å²) in [7, 11) is 0. The van der Waals surface area contributed by atoms with Crippen LogP contribution in [0.4, 0.5) is 0 Å². The molecule has 0 saturated carbocycles.